The molecule has 85 heavy (non-hydrogen) atoms. The van der Waals surface area contributed by atoms with Crippen LogP contribution in [-0.2, 0) is 73.4 Å². The van der Waals surface area contributed by atoms with Crippen LogP contribution in [-0.4, -0.2) is 124 Å². The van der Waals surface area contributed by atoms with Crippen molar-refractivity contribution in [3.05, 3.63) is 71.3 Å². The molecule has 0 heterocycles. The SMILES string of the molecule is CC[C@@H](NC(=O)C(=O)C(CC(F)(F)F)NC(=O)[C@H](CC(C)C)NC(=O)[C@@H](NC(=O)[C@H](Cc1ccccc1C)NC(=O)[C@H](CCC(=O)OC(C)(C)C)NC(=O)[C@H](CC(=O)OC(C)(C)C)NC(=O)CCC(=O)OC(C)(C)C)C(C)(C)C)c1ccccc1. The van der Waals surface area contributed by atoms with Gasteiger partial charge in [0.15, 0.2) is 0 Å². The minimum Gasteiger partial charge on any atom is -0.460 e. The van der Waals surface area contributed by atoms with Crippen molar-refractivity contribution >= 4 is 65.0 Å². The maximum atomic E-state index is 14.8. The topological polar surface area (TPSA) is 300 Å². The second-order valence-electron chi connectivity index (χ2n) is 25.5. The predicted molar refractivity (Wildman–Crippen MR) is 309 cm³/mol. The van der Waals surface area contributed by atoms with E-state index in [1.54, 1.807) is 165 Å². The highest BCUT2D eigenvalue weighted by molar-refractivity contribution is 6.38. The van der Waals surface area contributed by atoms with E-state index < -0.39 is 180 Å². The number of esters is 3. The van der Waals surface area contributed by atoms with Crippen LogP contribution >= 0.6 is 0 Å². The van der Waals surface area contributed by atoms with E-state index in [1.807, 2.05) is 0 Å². The summed E-state index contributed by atoms with van der Waals surface area (Å²) < 4.78 is 58.4. The van der Waals surface area contributed by atoms with Gasteiger partial charge < -0.3 is 51.4 Å². The van der Waals surface area contributed by atoms with Crippen molar-refractivity contribution in [2.75, 3.05) is 0 Å². The number of halogens is 3. The van der Waals surface area contributed by atoms with Gasteiger partial charge in [-0.1, -0.05) is 96.1 Å². The van der Waals surface area contributed by atoms with Gasteiger partial charge in [-0.25, -0.2) is 0 Å². The Balaban J connectivity index is 2.63. The fraction of sp³-hybridized carbons (Fsp3) is 0.623. The number of Topliss-reactive ketones (excluding diaryl/α,β-unsaturated/α-hetero) is 1. The molecular weight excluding hydrogens is 1110 g/mol. The number of carbonyl (C=O) groups is 11. The van der Waals surface area contributed by atoms with Crippen LogP contribution < -0.4 is 37.2 Å². The second-order valence-corrected chi connectivity index (χ2v) is 25.5. The van der Waals surface area contributed by atoms with E-state index in [4.69, 9.17) is 14.2 Å². The molecule has 7 N–H and O–H groups in total. The van der Waals surface area contributed by atoms with Crippen molar-refractivity contribution in [1.82, 2.24) is 37.2 Å². The molecule has 474 valence electrons. The summed E-state index contributed by atoms with van der Waals surface area (Å²) in [6, 6.07) is 3.87. The molecule has 0 saturated carbocycles. The van der Waals surface area contributed by atoms with Crippen molar-refractivity contribution in [2.24, 2.45) is 11.3 Å². The number of benzene rings is 2. The number of nitrogens with one attached hydrogen (secondary N) is 7. The zero-order valence-corrected chi connectivity index (χ0v) is 52.0. The molecule has 2 aromatic carbocycles. The van der Waals surface area contributed by atoms with Crippen LogP contribution in [0.2, 0.25) is 0 Å². The third-order valence-corrected chi connectivity index (χ3v) is 12.4. The van der Waals surface area contributed by atoms with Crippen LogP contribution in [0, 0.1) is 18.3 Å². The van der Waals surface area contributed by atoms with Gasteiger partial charge in [-0.3, -0.25) is 52.7 Å². The highest BCUT2D eigenvalue weighted by Crippen LogP contribution is 2.25. The third kappa shape index (κ3) is 28.8. The van der Waals surface area contributed by atoms with E-state index in [9.17, 15) is 65.9 Å². The molecular formula is C61H90F3N7O14. The maximum absolute atomic E-state index is 14.8. The van der Waals surface area contributed by atoms with Gasteiger partial charge in [0.25, 0.3) is 5.91 Å². The van der Waals surface area contributed by atoms with E-state index in [0.717, 1.165) is 0 Å². The van der Waals surface area contributed by atoms with Crippen molar-refractivity contribution in [3.63, 3.8) is 0 Å². The van der Waals surface area contributed by atoms with Gasteiger partial charge in [-0.2, -0.15) is 13.2 Å². The first-order chi connectivity index (χ1) is 39.0. The van der Waals surface area contributed by atoms with E-state index >= 15 is 0 Å². The first-order valence-corrected chi connectivity index (χ1v) is 28.4. The maximum Gasteiger partial charge on any atom is 0.391 e. The molecule has 1 unspecified atom stereocenters. The van der Waals surface area contributed by atoms with Crippen molar-refractivity contribution in [1.29, 1.82) is 0 Å². The van der Waals surface area contributed by atoms with Crippen LogP contribution in [0.3, 0.4) is 0 Å². The first-order valence-electron chi connectivity index (χ1n) is 28.4. The van der Waals surface area contributed by atoms with Crippen molar-refractivity contribution in [3.8, 4) is 0 Å². The summed E-state index contributed by atoms with van der Waals surface area (Å²) in [7, 11) is 0. The fourth-order valence-electron chi connectivity index (χ4n) is 8.45. The Bertz CT molecular complexity index is 2660. The average Bonchev–Trinajstić information content (AvgIpc) is 3.47. The first kappa shape index (κ1) is 73.7. The molecule has 21 nitrogen and oxygen atoms in total. The lowest BCUT2D eigenvalue weighted by molar-refractivity contribution is -0.158. The third-order valence-electron chi connectivity index (χ3n) is 12.4. The monoisotopic (exact) mass is 1200 g/mol. The van der Waals surface area contributed by atoms with Gasteiger partial charge in [0.05, 0.1) is 25.3 Å². The predicted octanol–water partition coefficient (Wildman–Crippen LogP) is 6.30. The Kier molecular flexibility index (Phi) is 27.9. The highest BCUT2D eigenvalue weighted by Gasteiger charge is 2.42. The summed E-state index contributed by atoms with van der Waals surface area (Å²) in [6.07, 6.45) is -9.69. The van der Waals surface area contributed by atoms with Crippen LogP contribution in [0.5, 0.6) is 0 Å². The highest BCUT2D eigenvalue weighted by atomic mass is 19.4. The van der Waals surface area contributed by atoms with Gasteiger partial charge in [-0.15, -0.1) is 0 Å². The number of ketones is 1. The molecule has 0 radical (unpaired) electrons. The van der Waals surface area contributed by atoms with Gasteiger partial charge in [0, 0.05) is 19.3 Å². The number of ether oxygens (including phenoxy) is 3. The Morgan fingerprint density at radius 1 is 0.506 bits per heavy atom. The number of amides is 7. The smallest absolute Gasteiger partial charge is 0.391 e. The van der Waals surface area contributed by atoms with Gasteiger partial charge in [0.2, 0.25) is 41.2 Å². The minimum absolute atomic E-state index is 0.190. The fourth-order valence-corrected chi connectivity index (χ4v) is 8.45. The lowest BCUT2D eigenvalue weighted by Crippen LogP contribution is -2.62. The molecule has 2 aromatic rings. The number of hydrogen-bond acceptors (Lipinski definition) is 14. The Hall–Kier alpha value is -7.40. The number of hydrogen-bond donors (Lipinski definition) is 7. The number of alkyl halides is 3. The molecule has 7 atom stereocenters. The molecule has 0 aliphatic carbocycles. The minimum atomic E-state index is -5.04. The second kappa shape index (κ2) is 32.2. The zero-order chi connectivity index (χ0) is 65.0. The van der Waals surface area contributed by atoms with Crippen molar-refractivity contribution in [2.45, 2.75) is 234 Å². The average molecular weight is 1200 g/mol. The number of rotatable bonds is 29. The normalized spacial score (nSPS) is 14.5. The van der Waals surface area contributed by atoms with Gasteiger partial charge in [-0.05, 0) is 117 Å². The Morgan fingerprint density at radius 3 is 1.49 bits per heavy atom. The largest absolute Gasteiger partial charge is 0.460 e. The summed E-state index contributed by atoms with van der Waals surface area (Å²) >= 11 is 0. The van der Waals surface area contributed by atoms with Crippen LogP contribution in [0.25, 0.3) is 0 Å². The Morgan fingerprint density at radius 2 is 0.976 bits per heavy atom. The van der Waals surface area contributed by atoms with E-state index in [2.05, 4.69) is 37.2 Å². The summed E-state index contributed by atoms with van der Waals surface area (Å²) in [5, 5.41) is 17.3. The Labute approximate surface area is 497 Å². The molecule has 0 fully saturated rings. The van der Waals surface area contributed by atoms with Crippen LogP contribution in [0.4, 0.5) is 13.2 Å². The standard InChI is InChI=1S/C61H90F3N7O14/c1-17-39(37-24-19-18-20-25-37)66-55(81)49(76)44(34-61(62,63)64)70-52(78)41(31-35(2)3)69-56(82)50(57(5,6)7)71-54(80)42(32-38-26-22-21-23-36(38)4)68-51(77)40(27-29-46(73)83-58(8,9)10)67-53(79)43(33-48(75)85-60(14,15)16)65-45(72)28-30-47(74)84-59(11,12)13/h18-26,35,39-44,50H,17,27-34H2,1-16H3,(H,65,72)(H,66,81)(H,67,79)(H,68,77)(H,69,82)(H,70,78)(H,71,80)/t39-,40+,41+,42+,43+,44?,50-/m1/s1. The number of aryl methyl sites for hydroxylation is 1. The van der Waals surface area contributed by atoms with Gasteiger partial charge in [0.1, 0.15) is 53.1 Å². The molecule has 0 aromatic heterocycles. The summed E-state index contributed by atoms with van der Waals surface area (Å²) in [5.74, 6) is -12.0. The molecule has 0 bridgehead atoms. The van der Waals surface area contributed by atoms with E-state index in [1.165, 1.54) is 0 Å². The van der Waals surface area contributed by atoms with E-state index in [0.29, 0.717) is 16.7 Å². The van der Waals surface area contributed by atoms with Gasteiger partial charge >= 0.3 is 24.1 Å². The molecule has 0 spiro atoms. The molecule has 24 heteroatoms. The summed E-state index contributed by atoms with van der Waals surface area (Å²) in [5.41, 5.74) is -2.29. The molecule has 0 saturated heterocycles. The van der Waals surface area contributed by atoms with E-state index in [-0.39, 0.29) is 19.3 Å². The van der Waals surface area contributed by atoms with Crippen molar-refractivity contribution < 1.29 is 80.1 Å². The molecule has 7 amide bonds. The summed E-state index contributed by atoms with van der Waals surface area (Å²) in [6.45, 7) is 25.9. The lowest BCUT2D eigenvalue weighted by atomic mass is 9.85. The number of carbonyl (C=O) groups excluding carboxylic acids is 11. The molecule has 2 rings (SSSR count). The molecule has 0 aliphatic rings. The van der Waals surface area contributed by atoms with Crippen LogP contribution in [0.1, 0.15) is 178 Å². The van der Waals surface area contributed by atoms with Crippen LogP contribution in [0.15, 0.2) is 54.6 Å². The lowest BCUT2D eigenvalue weighted by Gasteiger charge is -2.34. The molecule has 0 aliphatic heterocycles. The quantitative estimate of drug-likeness (QED) is 0.0267. The zero-order valence-electron chi connectivity index (χ0n) is 52.0. The summed E-state index contributed by atoms with van der Waals surface area (Å²) in [4.78, 5) is 151.